The summed E-state index contributed by atoms with van der Waals surface area (Å²) in [5.41, 5.74) is 1.84. The number of aliphatic hydroxyl groups is 1. The standard InChI is InChI=1S/C34H38N8O12/c1-6-9-27-35-30(34(4,5)45)28(40(27)17-21-12-14-22(15-13-21)23-10-7-8-11-24(23)31-36-38-39-37-31)32(43)50-18-26-25(51-33(44)52-26)16-19(2)29(54-42(48)49)20(3)53-41(46)47/h7-8,10-15,19-20,29,45H,6,9,16-18H2,1-5H3,(H,36,37,38,39)/t19?,20-,29-/m0/s1. The zero-order chi connectivity index (χ0) is 39.2. The largest absolute Gasteiger partial charge is 0.519 e. The molecule has 0 amide bonds. The van der Waals surface area contributed by atoms with Crippen molar-refractivity contribution in [2.45, 2.75) is 84.8 Å². The van der Waals surface area contributed by atoms with Gasteiger partial charge in [-0.1, -0.05) is 62.4 Å². The van der Waals surface area contributed by atoms with Gasteiger partial charge in [0.2, 0.25) is 5.82 Å². The lowest BCUT2D eigenvalue weighted by Gasteiger charge is -2.25. The molecule has 5 aromatic rings. The van der Waals surface area contributed by atoms with Gasteiger partial charge in [-0.3, -0.25) is 0 Å². The van der Waals surface area contributed by atoms with Crippen LogP contribution in [0.1, 0.15) is 80.1 Å². The van der Waals surface area contributed by atoms with Crippen LogP contribution in [0, 0.1) is 26.1 Å². The number of benzene rings is 2. The molecule has 0 bridgehead atoms. The van der Waals surface area contributed by atoms with Crippen LogP contribution >= 0.6 is 0 Å². The molecule has 1 unspecified atom stereocenters. The van der Waals surface area contributed by atoms with Crippen LogP contribution in [-0.2, 0) is 46.0 Å². The van der Waals surface area contributed by atoms with Gasteiger partial charge in [0.05, 0.1) is 0 Å². The molecular weight excluding hydrogens is 712 g/mol. The average molecular weight is 751 g/mol. The Morgan fingerprint density at radius 3 is 2.30 bits per heavy atom. The van der Waals surface area contributed by atoms with E-state index in [1.54, 1.807) is 4.57 Å². The zero-order valence-electron chi connectivity index (χ0n) is 30.0. The number of imidazole rings is 1. The molecule has 0 saturated heterocycles. The highest BCUT2D eigenvalue weighted by molar-refractivity contribution is 5.89. The van der Waals surface area contributed by atoms with Gasteiger partial charge < -0.3 is 32.9 Å². The Morgan fingerprint density at radius 1 is 1.02 bits per heavy atom. The third kappa shape index (κ3) is 9.13. The van der Waals surface area contributed by atoms with Crippen molar-refractivity contribution in [3.8, 4) is 22.5 Å². The molecule has 3 atom stereocenters. The van der Waals surface area contributed by atoms with Crippen LogP contribution in [0.3, 0.4) is 0 Å². The number of aromatic nitrogens is 6. The number of carbonyl (C=O) groups is 1. The van der Waals surface area contributed by atoms with Gasteiger partial charge in [-0.2, -0.15) is 5.21 Å². The Morgan fingerprint density at radius 2 is 1.69 bits per heavy atom. The van der Waals surface area contributed by atoms with Gasteiger partial charge in [0.25, 0.3) is 10.2 Å². The maximum absolute atomic E-state index is 13.9. The first-order valence-corrected chi connectivity index (χ1v) is 16.8. The molecule has 0 radical (unpaired) electrons. The van der Waals surface area contributed by atoms with E-state index in [1.807, 2.05) is 55.5 Å². The summed E-state index contributed by atoms with van der Waals surface area (Å²) < 4.78 is 17.6. The number of nitrogens with one attached hydrogen (secondary N) is 1. The van der Waals surface area contributed by atoms with E-state index in [0.717, 1.165) is 22.3 Å². The second kappa shape index (κ2) is 16.5. The van der Waals surface area contributed by atoms with Gasteiger partial charge in [-0.15, -0.1) is 30.4 Å². The van der Waals surface area contributed by atoms with Crippen LogP contribution in [0.2, 0.25) is 0 Å². The maximum atomic E-state index is 13.9. The van der Waals surface area contributed by atoms with E-state index < -0.39 is 52.3 Å². The first kappa shape index (κ1) is 38.8. The quantitative estimate of drug-likeness (QED) is 0.0721. The third-order valence-corrected chi connectivity index (χ3v) is 8.46. The van der Waals surface area contributed by atoms with E-state index in [4.69, 9.17) is 13.6 Å². The first-order chi connectivity index (χ1) is 25.7. The highest BCUT2D eigenvalue weighted by atomic mass is 17.0. The molecule has 20 nitrogen and oxygen atoms in total. The van der Waals surface area contributed by atoms with E-state index in [9.17, 15) is 34.9 Å². The summed E-state index contributed by atoms with van der Waals surface area (Å²) in [6, 6.07) is 15.3. The van der Waals surface area contributed by atoms with E-state index in [1.165, 1.54) is 27.7 Å². The van der Waals surface area contributed by atoms with Crippen molar-refractivity contribution in [2.75, 3.05) is 0 Å². The molecule has 0 fully saturated rings. The van der Waals surface area contributed by atoms with Crippen LogP contribution in [0.4, 0.5) is 0 Å². The second-order valence-corrected chi connectivity index (χ2v) is 13.0. The number of rotatable bonds is 18. The summed E-state index contributed by atoms with van der Waals surface area (Å²) >= 11 is 0. The van der Waals surface area contributed by atoms with Gasteiger partial charge in [0, 0.05) is 24.9 Å². The molecule has 2 N–H and O–H groups in total. The number of nitrogens with zero attached hydrogens (tertiary/aromatic N) is 7. The molecule has 0 aliphatic rings. The van der Waals surface area contributed by atoms with Crippen molar-refractivity contribution in [1.29, 1.82) is 0 Å². The van der Waals surface area contributed by atoms with Gasteiger partial charge >= 0.3 is 11.8 Å². The first-order valence-electron chi connectivity index (χ1n) is 16.8. The molecular formula is C34H38N8O12. The molecule has 0 aliphatic carbocycles. The van der Waals surface area contributed by atoms with E-state index in [2.05, 4.69) is 35.3 Å². The number of H-pyrrole nitrogens is 1. The summed E-state index contributed by atoms with van der Waals surface area (Å²) in [5.74, 6) is -2.28. The minimum atomic E-state index is -1.57. The van der Waals surface area contributed by atoms with Gasteiger partial charge in [0.15, 0.2) is 23.8 Å². The van der Waals surface area contributed by atoms with Gasteiger partial charge in [0.1, 0.15) is 29.3 Å². The summed E-state index contributed by atoms with van der Waals surface area (Å²) in [6.45, 7) is 7.17. The summed E-state index contributed by atoms with van der Waals surface area (Å²) in [7, 11) is 0. The molecule has 2 aromatic carbocycles. The Bertz CT molecular complexity index is 2130. The third-order valence-electron chi connectivity index (χ3n) is 8.46. The average Bonchev–Trinajstić information content (AvgIpc) is 3.86. The number of aryl methyl sites for hydroxylation is 1. The van der Waals surface area contributed by atoms with Crippen molar-refractivity contribution >= 4 is 5.97 Å². The number of carbonyl (C=O) groups excluding carboxylic acids is 1. The number of tetrazole rings is 1. The van der Waals surface area contributed by atoms with Crippen molar-refractivity contribution in [3.63, 3.8) is 0 Å². The zero-order valence-corrected chi connectivity index (χ0v) is 30.0. The molecule has 0 saturated carbocycles. The van der Waals surface area contributed by atoms with Crippen LogP contribution in [0.25, 0.3) is 22.5 Å². The fourth-order valence-electron chi connectivity index (χ4n) is 6.05. The van der Waals surface area contributed by atoms with Crippen molar-refractivity contribution in [2.24, 2.45) is 5.92 Å². The molecule has 3 aromatic heterocycles. The van der Waals surface area contributed by atoms with E-state index >= 15 is 0 Å². The van der Waals surface area contributed by atoms with E-state index in [0.29, 0.717) is 24.5 Å². The number of aromatic amines is 1. The Balaban J connectivity index is 1.41. The second-order valence-electron chi connectivity index (χ2n) is 13.0. The minimum absolute atomic E-state index is 0.0246. The van der Waals surface area contributed by atoms with Crippen molar-refractivity contribution in [3.05, 3.63) is 114 Å². The number of ether oxygens (including phenoxy) is 1. The Hall–Kier alpha value is -6.44. The van der Waals surface area contributed by atoms with Crippen molar-refractivity contribution in [1.82, 2.24) is 30.2 Å². The minimum Gasteiger partial charge on any atom is -0.453 e. The highest BCUT2D eigenvalue weighted by Crippen LogP contribution is 2.31. The molecule has 0 aliphatic heterocycles. The van der Waals surface area contributed by atoms with Gasteiger partial charge in [-0.05, 0) is 55.0 Å². The lowest BCUT2D eigenvalue weighted by molar-refractivity contribution is -0.799. The lowest BCUT2D eigenvalue weighted by Crippen LogP contribution is -2.38. The fourth-order valence-corrected chi connectivity index (χ4v) is 6.05. The number of hydrogen-bond donors (Lipinski definition) is 2. The molecule has 5 rings (SSSR count). The van der Waals surface area contributed by atoms with Crippen LogP contribution < -0.4 is 5.82 Å². The normalized spacial score (nSPS) is 13.2. The molecule has 54 heavy (non-hydrogen) atoms. The van der Waals surface area contributed by atoms with Crippen LogP contribution in [0.15, 0.2) is 62.2 Å². The van der Waals surface area contributed by atoms with Crippen LogP contribution in [0.5, 0.6) is 0 Å². The van der Waals surface area contributed by atoms with E-state index in [-0.39, 0.29) is 35.9 Å². The lowest BCUT2D eigenvalue weighted by atomic mass is 9.95. The molecule has 286 valence electrons. The monoisotopic (exact) mass is 750 g/mol. The molecule has 20 heteroatoms. The Kier molecular flexibility index (Phi) is 11.8. The predicted molar refractivity (Wildman–Crippen MR) is 184 cm³/mol. The molecule has 3 heterocycles. The van der Waals surface area contributed by atoms with Crippen LogP contribution in [-0.4, -0.2) is 63.6 Å². The number of esters is 1. The molecule has 0 spiro atoms. The van der Waals surface area contributed by atoms with Crippen molar-refractivity contribution < 1.29 is 43.3 Å². The summed E-state index contributed by atoms with van der Waals surface area (Å²) in [4.78, 5) is 61.9. The fraction of sp³-hybridized carbons (Fsp3) is 0.412. The van der Waals surface area contributed by atoms with Gasteiger partial charge in [-0.25, -0.2) is 14.6 Å². The Labute approximate surface area is 306 Å². The smallest absolute Gasteiger partial charge is 0.453 e. The topological polar surface area (TPSA) is 267 Å². The number of hydrogen-bond acceptors (Lipinski definition) is 16. The SMILES string of the molecule is CCCc1nc(C(C)(C)O)c(C(=O)OCc2oc(=O)oc2CC(C)[C@H](O[N+](=O)[O-])[C@H](C)O[N+](=O)[O-])n1Cc1ccc(-c2ccccc2-c2nn[nH]n2)cc1. The summed E-state index contributed by atoms with van der Waals surface area (Å²) in [6.07, 6.45) is -1.92. The predicted octanol–water partition coefficient (Wildman–Crippen LogP) is 4.21. The summed E-state index contributed by atoms with van der Waals surface area (Å²) in [5, 5.41) is 45.2. The highest BCUT2D eigenvalue weighted by Gasteiger charge is 2.35. The maximum Gasteiger partial charge on any atom is 0.519 e.